The van der Waals surface area contributed by atoms with Gasteiger partial charge < -0.3 is 11.1 Å². The Morgan fingerprint density at radius 1 is 1.28 bits per heavy atom. The minimum Gasteiger partial charge on any atom is -0.354 e. The molecular weight excluding hydrogens is 224 g/mol. The van der Waals surface area contributed by atoms with Crippen molar-refractivity contribution in [2.45, 2.75) is 33.1 Å². The van der Waals surface area contributed by atoms with Gasteiger partial charge in [-0.05, 0) is 30.2 Å². The number of rotatable bonds is 7. The second-order valence-corrected chi connectivity index (χ2v) is 5.48. The molecule has 1 aromatic rings. The molecule has 100 valence electrons. The lowest BCUT2D eigenvalue weighted by molar-refractivity contribution is -0.120. The van der Waals surface area contributed by atoms with Crippen LogP contribution >= 0.6 is 0 Å². The zero-order valence-corrected chi connectivity index (χ0v) is 11.4. The van der Waals surface area contributed by atoms with Crippen LogP contribution in [0.5, 0.6) is 0 Å². The van der Waals surface area contributed by atoms with E-state index in [0.717, 1.165) is 19.3 Å². The molecule has 0 aliphatic heterocycles. The van der Waals surface area contributed by atoms with Gasteiger partial charge in [-0.25, -0.2) is 0 Å². The van der Waals surface area contributed by atoms with Crippen LogP contribution in [-0.2, 0) is 11.2 Å². The van der Waals surface area contributed by atoms with E-state index in [1.54, 1.807) is 0 Å². The summed E-state index contributed by atoms with van der Waals surface area (Å²) in [6.45, 7) is 5.11. The largest absolute Gasteiger partial charge is 0.354 e. The van der Waals surface area contributed by atoms with Crippen molar-refractivity contribution in [3.05, 3.63) is 35.9 Å². The van der Waals surface area contributed by atoms with Crippen LogP contribution in [0.4, 0.5) is 0 Å². The van der Waals surface area contributed by atoms with E-state index in [-0.39, 0.29) is 17.9 Å². The molecule has 0 aromatic heterocycles. The van der Waals surface area contributed by atoms with E-state index in [2.05, 4.69) is 43.4 Å². The number of carbonyl (C=O) groups is 1. The van der Waals surface area contributed by atoms with Crippen molar-refractivity contribution in [2.75, 3.05) is 13.1 Å². The zero-order chi connectivity index (χ0) is 13.4. The van der Waals surface area contributed by atoms with Gasteiger partial charge in [-0.1, -0.05) is 44.2 Å². The summed E-state index contributed by atoms with van der Waals surface area (Å²) in [7, 11) is 0. The molecule has 1 aromatic carbocycles. The maximum Gasteiger partial charge on any atom is 0.233 e. The third-order valence-electron chi connectivity index (χ3n) is 3.11. The van der Waals surface area contributed by atoms with Gasteiger partial charge in [0.05, 0.1) is 6.54 Å². The second kappa shape index (κ2) is 7.17. The molecule has 0 aliphatic rings. The van der Waals surface area contributed by atoms with Crippen LogP contribution < -0.4 is 11.1 Å². The Hall–Kier alpha value is -1.35. The highest BCUT2D eigenvalue weighted by atomic mass is 16.1. The number of benzene rings is 1. The van der Waals surface area contributed by atoms with Gasteiger partial charge in [-0.15, -0.1) is 0 Å². The molecule has 1 amide bonds. The summed E-state index contributed by atoms with van der Waals surface area (Å²) in [5, 5.41) is 2.86. The number of amides is 1. The summed E-state index contributed by atoms with van der Waals surface area (Å²) >= 11 is 0. The summed E-state index contributed by atoms with van der Waals surface area (Å²) in [6, 6.07) is 10.5. The Bertz CT molecular complexity index is 360. The summed E-state index contributed by atoms with van der Waals surface area (Å²) in [5.74, 6) is -0.0777. The number of hydrogen-bond donors (Lipinski definition) is 2. The fraction of sp³-hybridized carbons (Fsp3) is 0.533. The van der Waals surface area contributed by atoms with Crippen LogP contribution in [0.15, 0.2) is 30.3 Å². The number of aryl methyl sites for hydroxylation is 1. The molecule has 0 bridgehead atoms. The van der Waals surface area contributed by atoms with Crippen molar-refractivity contribution < 1.29 is 4.79 Å². The Morgan fingerprint density at radius 2 is 1.94 bits per heavy atom. The van der Waals surface area contributed by atoms with Gasteiger partial charge in [0.15, 0.2) is 0 Å². The first kappa shape index (κ1) is 14.7. The molecule has 3 heteroatoms. The third-order valence-corrected chi connectivity index (χ3v) is 3.11. The third kappa shape index (κ3) is 5.82. The van der Waals surface area contributed by atoms with E-state index in [9.17, 15) is 4.79 Å². The van der Waals surface area contributed by atoms with Gasteiger partial charge in [0.2, 0.25) is 5.91 Å². The molecule has 18 heavy (non-hydrogen) atoms. The first-order valence-electron chi connectivity index (χ1n) is 6.54. The van der Waals surface area contributed by atoms with Crippen molar-refractivity contribution in [3.8, 4) is 0 Å². The maximum atomic E-state index is 11.1. The molecule has 0 unspecified atom stereocenters. The van der Waals surface area contributed by atoms with Crippen LogP contribution in [-0.4, -0.2) is 19.0 Å². The highest BCUT2D eigenvalue weighted by Crippen LogP contribution is 2.22. The fourth-order valence-corrected chi connectivity index (χ4v) is 1.91. The molecule has 0 aliphatic carbocycles. The lowest BCUT2D eigenvalue weighted by Gasteiger charge is -2.24. The van der Waals surface area contributed by atoms with Crippen LogP contribution in [0.3, 0.4) is 0 Å². The molecular formula is C15H24N2O. The molecule has 0 spiro atoms. The standard InChI is InChI=1S/C15H24N2O/c1-15(2,12-17-14(18)11-16)10-6-9-13-7-4-3-5-8-13/h3-5,7-8H,6,9-12,16H2,1-2H3,(H,17,18). The molecule has 0 radical (unpaired) electrons. The fourth-order valence-electron chi connectivity index (χ4n) is 1.91. The predicted molar refractivity (Wildman–Crippen MR) is 75.2 cm³/mol. The number of nitrogens with two attached hydrogens (primary N) is 1. The van der Waals surface area contributed by atoms with Gasteiger partial charge in [-0.2, -0.15) is 0 Å². The van der Waals surface area contributed by atoms with Crippen molar-refractivity contribution >= 4 is 5.91 Å². The van der Waals surface area contributed by atoms with E-state index in [0.29, 0.717) is 6.54 Å². The van der Waals surface area contributed by atoms with Crippen LogP contribution in [0.1, 0.15) is 32.3 Å². The second-order valence-electron chi connectivity index (χ2n) is 5.48. The summed E-state index contributed by atoms with van der Waals surface area (Å²) < 4.78 is 0. The van der Waals surface area contributed by atoms with E-state index in [1.165, 1.54) is 5.56 Å². The number of carbonyl (C=O) groups excluding carboxylic acids is 1. The topological polar surface area (TPSA) is 55.1 Å². The van der Waals surface area contributed by atoms with E-state index < -0.39 is 0 Å². The Balaban J connectivity index is 2.26. The quantitative estimate of drug-likeness (QED) is 0.776. The van der Waals surface area contributed by atoms with Crippen LogP contribution in [0.25, 0.3) is 0 Å². The zero-order valence-electron chi connectivity index (χ0n) is 11.4. The Kier molecular flexibility index (Phi) is 5.86. The SMILES string of the molecule is CC(C)(CCCc1ccccc1)CNC(=O)CN. The van der Waals surface area contributed by atoms with Crippen LogP contribution in [0, 0.1) is 5.41 Å². The highest BCUT2D eigenvalue weighted by Gasteiger charge is 2.17. The van der Waals surface area contributed by atoms with Crippen LogP contribution in [0.2, 0.25) is 0 Å². The summed E-state index contributed by atoms with van der Waals surface area (Å²) in [5.41, 5.74) is 6.76. The first-order valence-corrected chi connectivity index (χ1v) is 6.54. The normalized spacial score (nSPS) is 11.3. The predicted octanol–water partition coefficient (Wildman–Crippen LogP) is 2.11. The van der Waals surface area contributed by atoms with Crippen molar-refractivity contribution in [3.63, 3.8) is 0 Å². The molecule has 3 N–H and O–H groups in total. The summed E-state index contributed by atoms with van der Waals surface area (Å²) in [4.78, 5) is 11.1. The van der Waals surface area contributed by atoms with E-state index >= 15 is 0 Å². The maximum absolute atomic E-state index is 11.1. The van der Waals surface area contributed by atoms with Crippen molar-refractivity contribution in [2.24, 2.45) is 11.1 Å². The lowest BCUT2D eigenvalue weighted by atomic mass is 9.86. The number of hydrogen-bond acceptors (Lipinski definition) is 2. The van der Waals surface area contributed by atoms with E-state index in [4.69, 9.17) is 5.73 Å². The average Bonchev–Trinajstić information content (AvgIpc) is 2.37. The van der Waals surface area contributed by atoms with Gasteiger partial charge in [-0.3, -0.25) is 4.79 Å². The minimum absolute atomic E-state index is 0.0695. The lowest BCUT2D eigenvalue weighted by Crippen LogP contribution is -2.37. The van der Waals surface area contributed by atoms with Gasteiger partial charge in [0, 0.05) is 6.54 Å². The molecule has 1 rings (SSSR count). The van der Waals surface area contributed by atoms with E-state index in [1.807, 2.05) is 6.07 Å². The highest BCUT2D eigenvalue weighted by molar-refractivity contribution is 5.77. The van der Waals surface area contributed by atoms with Gasteiger partial charge >= 0.3 is 0 Å². The van der Waals surface area contributed by atoms with Crippen molar-refractivity contribution in [1.29, 1.82) is 0 Å². The molecule has 3 nitrogen and oxygen atoms in total. The molecule has 0 heterocycles. The minimum atomic E-state index is -0.0777. The Labute approximate surface area is 110 Å². The monoisotopic (exact) mass is 248 g/mol. The average molecular weight is 248 g/mol. The molecule has 0 fully saturated rings. The Morgan fingerprint density at radius 3 is 2.56 bits per heavy atom. The molecule has 0 saturated carbocycles. The summed E-state index contributed by atoms with van der Waals surface area (Å²) in [6.07, 6.45) is 3.32. The molecule has 0 atom stereocenters. The smallest absolute Gasteiger partial charge is 0.233 e. The van der Waals surface area contributed by atoms with Crippen molar-refractivity contribution in [1.82, 2.24) is 5.32 Å². The van der Waals surface area contributed by atoms with Gasteiger partial charge in [0.25, 0.3) is 0 Å². The molecule has 0 saturated heterocycles. The number of nitrogens with one attached hydrogen (secondary N) is 1. The van der Waals surface area contributed by atoms with Gasteiger partial charge in [0.1, 0.15) is 0 Å². The first-order chi connectivity index (χ1) is 8.53.